The number of ether oxygens (including phenoxy) is 3. The van der Waals surface area contributed by atoms with Crippen LogP contribution >= 0.6 is 23.7 Å². The highest BCUT2D eigenvalue weighted by atomic mass is 35.5. The zero-order chi connectivity index (χ0) is 20.9. The summed E-state index contributed by atoms with van der Waals surface area (Å²) in [5, 5.41) is 0.680. The van der Waals surface area contributed by atoms with Gasteiger partial charge in [-0.2, -0.15) is 0 Å². The summed E-state index contributed by atoms with van der Waals surface area (Å²) < 4.78 is 18.0. The monoisotopic (exact) mass is 463 g/mol. The molecule has 0 spiro atoms. The lowest BCUT2D eigenvalue weighted by Crippen LogP contribution is -2.37. The number of carbonyl (C=O) groups is 1. The molecule has 0 saturated carbocycles. The Bertz CT molecular complexity index is 970. The summed E-state index contributed by atoms with van der Waals surface area (Å²) in [7, 11) is 3.98. The van der Waals surface area contributed by atoms with E-state index in [4.69, 9.17) is 19.2 Å². The topological polar surface area (TPSA) is 64.1 Å². The van der Waals surface area contributed by atoms with Crippen LogP contribution in [0.2, 0.25) is 0 Å². The van der Waals surface area contributed by atoms with E-state index in [-0.39, 0.29) is 24.7 Å². The Morgan fingerprint density at radius 1 is 1.10 bits per heavy atom. The second-order valence-corrected chi connectivity index (χ2v) is 8.23. The number of likely N-dealkylation sites (N-methyl/N-ethyl adjacent to an activating group) is 1. The van der Waals surface area contributed by atoms with Gasteiger partial charge < -0.3 is 19.1 Å². The maximum absolute atomic E-state index is 13.0. The van der Waals surface area contributed by atoms with Crippen LogP contribution in [0.1, 0.15) is 6.42 Å². The molecule has 1 amide bonds. The van der Waals surface area contributed by atoms with Gasteiger partial charge in [0.2, 0.25) is 5.91 Å². The van der Waals surface area contributed by atoms with Crippen molar-refractivity contribution < 1.29 is 19.0 Å². The van der Waals surface area contributed by atoms with Crippen molar-refractivity contribution in [1.82, 2.24) is 9.88 Å². The summed E-state index contributed by atoms with van der Waals surface area (Å²) in [5.41, 5.74) is 0.808. The fourth-order valence-corrected chi connectivity index (χ4v) is 4.12. The highest BCUT2D eigenvalue weighted by Gasteiger charge is 2.22. The highest BCUT2D eigenvalue weighted by Crippen LogP contribution is 2.38. The van der Waals surface area contributed by atoms with E-state index in [0.717, 1.165) is 28.3 Å². The maximum atomic E-state index is 13.0. The molecule has 2 heterocycles. The van der Waals surface area contributed by atoms with Crippen LogP contribution in [0.5, 0.6) is 17.2 Å². The van der Waals surface area contributed by atoms with Crippen molar-refractivity contribution in [3.8, 4) is 17.2 Å². The van der Waals surface area contributed by atoms with Crippen molar-refractivity contribution in [2.24, 2.45) is 0 Å². The van der Waals surface area contributed by atoms with Crippen LogP contribution in [-0.4, -0.2) is 62.8 Å². The fourth-order valence-electron chi connectivity index (χ4n) is 3.10. The SMILES string of the molecule is CN(C)CCN(C(=O)CCOc1ccccc1)c1nc2cc3c(cc2s1)OCCO3.Cl. The number of hydrogen-bond donors (Lipinski definition) is 0. The third kappa shape index (κ3) is 5.78. The zero-order valence-electron chi connectivity index (χ0n) is 17.6. The van der Waals surface area contributed by atoms with Gasteiger partial charge in [-0.3, -0.25) is 9.69 Å². The van der Waals surface area contributed by atoms with Gasteiger partial charge in [-0.05, 0) is 26.2 Å². The number of fused-ring (bicyclic) bond motifs is 2. The molecule has 2 aromatic carbocycles. The van der Waals surface area contributed by atoms with Crippen molar-refractivity contribution in [3.05, 3.63) is 42.5 Å². The van der Waals surface area contributed by atoms with E-state index in [1.54, 1.807) is 4.90 Å². The second kappa shape index (κ2) is 10.7. The Labute approximate surface area is 191 Å². The number of hydrogen-bond acceptors (Lipinski definition) is 7. The number of amides is 1. The van der Waals surface area contributed by atoms with Crippen molar-refractivity contribution >= 4 is 45.0 Å². The first-order valence-corrected chi connectivity index (χ1v) is 10.7. The molecule has 1 aliphatic rings. The molecule has 9 heteroatoms. The molecule has 0 bridgehead atoms. The quantitative estimate of drug-likeness (QED) is 0.505. The van der Waals surface area contributed by atoms with Gasteiger partial charge in [0.15, 0.2) is 16.6 Å². The smallest absolute Gasteiger partial charge is 0.232 e. The lowest BCUT2D eigenvalue weighted by Gasteiger charge is -2.22. The molecule has 0 saturated heterocycles. The Morgan fingerprint density at radius 2 is 1.81 bits per heavy atom. The second-order valence-electron chi connectivity index (χ2n) is 7.22. The van der Waals surface area contributed by atoms with Crippen LogP contribution in [0.15, 0.2) is 42.5 Å². The van der Waals surface area contributed by atoms with Gasteiger partial charge in [0.05, 0.1) is 23.2 Å². The molecule has 0 radical (unpaired) electrons. The number of anilines is 1. The van der Waals surface area contributed by atoms with Gasteiger partial charge in [-0.1, -0.05) is 29.5 Å². The average Bonchev–Trinajstić information content (AvgIpc) is 3.15. The molecular formula is C22H26ClN3O4S. The van der Waals surface area contributed by atoms with E-state index in [9.17, 15) is 4.79 Å². The number of aromatic nitrogens is 1. The number of para-hydroxylation sites is 1. The van der Waals surface area contributed by atoms with Crippen LogP contribution in [-0.2, 0) is 4.79 Å². The first-order valence-electron chi connectivity index (χ1n) is 9.93. The normalized spacial score (nSPS) is 12.5. The Morgan fingerprint density at radius 3 is 2.52 bits per heavy atom. The van der Waals surface area contributed by atoms with Crippen LogP contribution in [0.4, 0.5) is 5.13 Å². The van der Waals surface area contributed by atoms with E-state index in [1.807, 2.05) is 56.6 Å². The van der Waals surface area contributed by atoms with E-state index in [1.165, 1.54) is 11.3 Å². The minimum absolute atomic E-state index is 0. The third-order valence-electron chi connectivity index (χ3n) is 4.67. The van der Waals surface area contributed by atoms with Gasteiger partial charge in [-0.15, -0.1) is 12.4 Å². The van der Waals surface area contributed by atoms with E-state index >= 15 is 0 Å². The molecule has 1 aromatic heterocycles. The largest absolute Gasteiger partial charge is 0.493 e. The third-order valence-corrected chi connectivity index (χ3v) is 5.71. The highest BCUT2D eigenvalue weighted by molar-refractivity contribution is 7.22. The predicted octanol–water partition coefficient (Wildman–Crippen LogP) is 3.85. The van der Waals surface area contributed by atoms with Gasteiger partial charge in [-0.25, -0.2) is 4.98 Å². The summed E-state index contributed by atoms with van der Waals surface area (Å²) in [6.45, 7) is 2.69. The lowest BCUT2D eigenvalue weighted by atomic mass is 10.3. The Hall–Kier alpha value is -2.55. The van der Waals surface area contributed by atoms with Crippen LogP contribution in [0.25, 0.3) is 10.2 Å². The van der Waals surface area contributed by atoms with Crippen molar-refractivity contribution in [2.45, 2.75) is 6.42 Å². The number of carbonyl (C=O) groups excluding carboxylic acids is 1. The summed E-state index contributed by atoms with van der Waals surface area (Å²) >= 11 is 1.49. The van der Waals surface area contributed by atoms with Crippen LogP contribution in [0, 0.1) is 0 Å². The number of thiazole rings is 1. The van der Waals surface area contributed by atoms with Gasteiger partial charge >= 0.3 is 0 Å². The van der Waals surface area contributed by atoms with Gasteiger partial charge in [0.25, 0.3) is 0 Å². The molecule has 0 atom stereocenters. The number of benzene rings is 2. The van der Waals surface area contributed by atoms with Crippen molar-refractivity contribution in [1.29, 1.82) is 0 Å². The molecule has 7 nitrogen and oxygen atoms in total. The molecule has 3 aromatic rings. The Kier molecular flexibility index (Phi) is 7.95. The molecule has 0 N–H and O–H groups in total. The summed E-state index contributed by atoms with van der Waals surface area (Å²) in [5.74, 6) is 2.18. The van der Waals surface area contributed by atoms with E-state index < -0.39 is 0 Å². The molecule has 4 rings (SSSR count). The number of rotatable bonds is 8. The van der Waals surface area contributed by atoms with E-state index in [0.29, 0.717) is 37.2 Å². The molecule has 0 aliphatic carbocycles. The molecule has 166 valence electrons. The molecule has 1 aliphatic heterocycles. The van der Waals surface area contributed by atoms with E-state index in [2.05, 4.69) is 4.90 Å². The summed E-state index contributed by atoms with van der Waals surface area (Å²) in [4.78, 5) is 21.5. The first-order chi connectivity index (χ1) is 14.6. The first kappa shape index (κ1) is 23.1. The van der Waals surface area contributed by atoms with Gasteiger partial charge in [0, 0.05) is 25.2 Å². The standard InChI is InChI=1S/C22H25N3O4S.ClH/c1-24(2)9-10-25(21(26)8-11-27-16-6-4-3-5-7-16)22-23-17-14-18-19(15-20(17)30-22)29-13-12-28-18;/h3-7,14-15H,8-13H2,1-2H3;1H. The Balaban J connectivity index is 0.00000272. The fraction of sp³-hybridized carbons (Fsp3) is 0.364. The number of halogens is 1. The molecule has 0 unspecified atom stereocenters. The molecule has 0 fully saturated rings. The lowest BCUT2D eigenvalue weighted by molar-refractivity contribution is -0.119. The van der Waals surface area contributed by atoms with Crippen LogP contribution in [0.3, 0.4) is 0 Å². The molecule has 31 heavy (non-hydrogen) atoms. The predicted molar refractivity (Wildman–Crippen MR) is 125 cm³/mol. The zero-order valence-corrected chi connectivity index (χ0v) is 19.2. The minimum Gasteiger partial charge on any atom is -0.493 e. The van der Waals surface area contributed by atoms with Crippen LogP contribution < -0.4 is 19.1 Å². The minimum atomic E-state index is -0.0101. The molecular weight excluding hydrogens is 438 g/mol. The average molecular weight is 464 g/mol. The summed E-state index contributed by atoms with van der Waals surface area (Å²) in [6, 6.07) is 13.3. The summed E-state index contributed by atoms with van der Waals surface area (Å²) in [6.07, 6.45) is 0.279. The van der Waals surface area contributed by atoms with Crippen molar-refractivity contribution in [2.75, 3.05) is 51.9 Å². The van der Waals surface area contributed by atoms with Gasteiger partial charge in [0.1, 0.15) is 19.0 Å². The van der Waals surface area contributed by atoms with Crippen molar-refractivity contribution in [3.63, 3.8) is 0 Å². The number of nitrogens with zero attached hydrogens (tertiary/aromatic N) is 3. The maximum Gasteiger partial charge on any atom is 0.232 e.